The highest BCUT2D eigenvalue weighted by atomic mass is 79.9. The standard InChI is InChI=1S/C15H18BrNO2/c1-3-17-12(14-8-9-15(16)19-14)10-11-6-4-5-7-13(11)18-2/h4-9,12,17H,3,10H2,1-2H3. The normalized spacial score (nSPS) is 12.4. The van der Waals surface area contributed by atoms with Crippen LogP contribution in [0.2, 0.25) is 0 Å². The maximum Gasteiger partial charge on any atom is 0.169 e. The molecular weight excluding hydrogens is 306 g/mol. The summed E-state index contributed by atoms with van der Waals surface area (Å²) in [6, 6.07) is 12.1. The maximum absolute atomic E-state index is 5.66. The molecule has 2 rings (SSSR count). The van der Waals surface area contributed by atoms with Crippen molar-refractivity contribution in [1.29, 1.82) is 0 Å². The fraction of sp³-hybridized carbons (Fsp3) is 0.333. The van der Waals surface area contributed by atoms with E-state index in [1.165, 1.54) is 5.56 Å². The summed E-state index contributed by atoms with van der Waals surface area (Å²) in [7, 11) is 1.70. The van der Waals surface area contributed by atoms with Gasteiger partial charge in [0.2, 0.25) is 0 Å². The van der Waals surface area contributed by atoms with Crippen LogP contribution in [0.3, 0.4) is 0 Å². The Morgan fingerprint density at radius 2 is 2.05 bits per heavy atom. The van der Waals surface area contributed by atoms with Gasteiger partial charge in [-0.2, -0.15) is 0 Å². The van der Waals surface area contributed by atoms with Crippen LogP contribution in [0, 0.1) is 0 Å². The molecule has 1 aromatic carbocycles. The van der Waals surface area contributed by atoms with E-state index in [9.17, 15) is 0 Å². The number of furan rings is 1. The number of likely N-dealkylation sites (N-methyl/N-ethyl adjacent to an activating group) is 1. The first-order valence-corrected chi connectivity index (χ1v) is 7.14. The summed E-state index contributed by atoms with van der Waals surface area (Å²) in [5.41, 5.74) is 1.17. The fourth-order valence-electron chi connectivity index (χ4n) is 2.13. The van der Waals surface area contributed by atoms with Crippen LogP contribution >= 0.6 is 15.9 Å². The van der Waals surface area contributed by atoms with Crippen LogP contribution in [0.15, 0.2) is 45.5 Å². The SMILES string of the molecule is CCNC(Cc1ccccc1OC)c1ccc(Br)o1. The Morgan fingerprint density at radius 3 is 2.68 bits per heavy atom. The molecule has 2 aromatic rings. The molecule has 0 aliphatic heterocycles. The van der Waals surface area contributed by atoms with Crippen molar-refractivity contribution in [2.75, 3.05) is 13.7 Å². The topological polar surface area (TPSA) is 34.4 Å². The average molecular weight is 324 g/mol. The Bertz CT molecular complexity index is 524. The van der Waals surface area contributed by atoms with E-state index in [1.807, 2.05) is 30.3 Å². The van der Waals surface area contributed by atoms with E-state index < -0.39 is 0 Å². The molecule has 1 heterocycles. The quantitative estimate of drug-likeness (QED) is 0.874. The second-order valence-electron chi connectivity index (χ2n) is 4.27. The van der Waals surface area contributed by atoms with Gasteiger partial charge in [0, 0.05) is 0 Å². The van der Waals surface area contributed by atoms with Gasteiger partial charge in [-0.1, -0.05) is 25.1 Å². The number of nitrogens with one attached hydrogen (secondary N) is 1. The zero-order chi connectivity index (χ0) is 13.7. The number of methoxy groups -OCH3 is 1. The van der Waals surface area contributed by atoms with Gasteiger partial charge >= 0.3 is 0 Å². The summed E-state index contributed by atoms with van der Waals surface area (Å²) in [5, 5.41) is 3.44. The van der Waals surface area contributed by atoms with Gasteiger partial charge in [-0.15, -0.1) is 0 Å². The van der Waals surface area contributed by atoms with Gasteiger partial charge in [-0.25, -0.2) is 0 Å². The van der Waals surface area contributed by atoms with Gasteiger partial charge in [0.1, 0.15) is 11.5 Å². The maximum atomic E-state index is 5.66. The molecule has 4 heteroatoms. The largest absolute Gasteiger partial charge is 0.496 e. The number of hydrogen-bond acceptors (Lipinski definition) is 3. The van der Waals surface area contributed by atoms with Crippen LogP contribution in [0.4, 0.5) is 0 Å². The lowest BCUT2D eigenvalue weighted by molar-refractivity contribution is 0.387. The first-order chi connectivity index (χ1) is 9.24. The molecule has 1 atom stereocenters. The highest BCUT2D eigenvalue weighted by Crippen LogP contribution is 2.27. The average Bonchev–Trinajstić information content (AvgIpc) is 2.85. The minimum absolute atomic E-state index is 0.146. The molecule has 0 amide bonds. The van der Waals surface area contributed by atoms with E-state index in [2.05, 4.69) is 34.2 Å². The van der Waals surface area contributed by atoms with Crippen LogP contribution in [0.25, 0.3) is 0 Å². The molecular formula is C15H18BrNO2. The van der Waals surface area contributed by atoms with E-state index in [4.69, 9.17) is 9.15 Å². The number of ether oxygens (including phenoxy) is 1. The van der Waals surface area contributed by atoms with Crippen molar-refractivity contribution in [2.45, 2.75) is 19.4 Å². The minimum atomic E-state index is 0.146. The summed E-state index contributed by atoms with van der Waals surface area (Å²) in [4.78, 5) is 0. The lowest BCUT2D eigenvalue weighted by atomic mass is 10.0. The number of rotatable bonds is 6. The summed E-state index contributed by atoms with van der Waals surface area (Å²) in [6.45, 7) is 2.98. The van der Waals surface area contributed by atoms with E-state index in [-0.39, 0.29) is 6.04 Å². The van der Waals surface area contributed by atoms with Crippen molar-refractivity contribution in [1.82, 2.24) is 5.32 Å². The Morgan fingerprint density at radius 1 is 1.26 bits per heavy atom. The van der Waals surface area contributed by atoms with Gasteiger partial charge in [0.05, 0.1) is 13.2 Å². The molecule has 102 valence electrons. The van der Waals surface area contributed by atoms with E-state index in [1.54, 1.807) is 7.11 Å². The molecule has 0 fully saturated rings. The smallest absolute Gasteiger partial charge is 0.169 e. The van der Waals surface area contributed by atoms with Crippen molar-refractivity contribution in [3.8, 4) is 5.75 Å². The Kier molecular flexibility index (Phi) is 5.05. The first kappa shape index (κ1) is 14.2. The third kappa shape index (κ3) is 3.61. The number of benzene rings is 1. The molecule has 1 unspecified atom stereocenters. The van der Waals surface area contributed by atoms with Crippen molar-refractivity contribution in [3.05, 3.63) is 52.4 Å². The number of hydrogen-bond donors (Lipinski definition) is 1. The van der Waals surface area contributed by atoms with Crippen LogP contribution in [0.1, 0.15) is 24.3 Å². The van der Waals surface area contributed by atoms with Crippen molar-refractivity contribution < 1.29 is 9.15 Å². The summed E-state index contributed by atoms with van der Waals surface area (Å²) in [6.07, 6.45) is 0.831. The van der Waals surface area contributed by atoms with Crippen LogP contribution in [0.5, 0.6) is 5.75 Å². The molecule has 1 aromatic heterocycles. The molecule has 0 radical (unpaired) electrons. The molecule has 1 N–H and O–H groups in total. The second-order valence-corrected chi connectivity index (χ2v) is 5.05. The molecule has 0 bridgehead atoms. The summed E-state index contributed by atoms with van der Waals surface area (Å²) < 4.78 is 11.8. The van der Waals surface area contributed by atoms with E-state index in [0.717, 1.165) is 29.1 Å². The highest BCUT2D eigenvalue weighted by Gasteiger charge is 2.16. The van der Waals surface area contributed by atoms with E-state index in [0.29, 0.717) is 0 Å². The zero-order valence-electron chi connectivity index (χ0n) is 11.2. The van der Waals surface area contributed by atoms with Gasteiger partial charge in [-0.05, 0) is 52.7 Å². The van der Waals surface area contributed by atoms with Crippen LogP contribution < -0.4 is 10.1 Å². The third-order valence-electron chi connectivity index (χ3n) is 3.00. The van der Waals surface area contributed by atoms with Crippen molar-refractivity contribution in [3.63, 3.8) is 0 Å². The molecule has 19 heavy (non-hydrogen) atoms. The lowest BCUT2D eigenvalue weighted by Gasteiger charge is -2.17. The third-order valence-corrected chi connectivity index (χ3v) is 3.43. The van der Waals surface area contributed by atoms with Crippen molar-refractivity contribution >= 4 is 15.9 Å². The molecule has 0 aliphatic carbocycles. The summed E-state index contributed by atoms with van der Waals surface area (Å²) >= 11 is 3.35. The molecule has 0 aliphatic rings. The predicted molar refractivity (Wildman–Crippen MR) is 79.5 cm³/mol. The van der Waals surface area contributed by atoms with Crippen LogP contribution in [-0.4, -0.2) is 13.7 Å². The second kappa shape index (κ2) is 6.78. The fourth-order valence-corrected chi connectivity index (χ4v) is 2.45. The Labute approximate surface area is 122 Å². The molecule has 0 saturated heterocycles. The first-order valence-electron chi connectivity index (χ1n) is 6.35. The van der Waals surface area contributed by atoms with E-state index >= 15 is 0 Å². The number of halogens is 1. The molecule has 3 nitrogen and oxygen atoms in total. The lowest BCUT2D eigenvalue weighted by Crippen LogP contribution is -2.22. The minimum Gasteiger partial charge on any atom is -0.496 e. The summed E-state index contributed by atoms with van der Waals surface area (Å²) in [5.74, 6) is 1.84. The Balaban J connectivity index is 2.21. The number of para-hydroxylation sites is 1. The molecule has 0 saturated carbocycles. The molecule has 0 spiro atoms. The van der Waals surface area contributed by atoms with Crippen LogP contribution in [-0.2, 0) is 6.42 Å². The monoisotopic (exact) mass is 323 g/mol. The van der Waals surface area contributed by atoms with Crippen molar-refractivity contribution in [2.24, 2.45) is 0 Å². The van der Waals surface area contributed by atoms with Gasteiger partial charge in [-0.3, -0.25) is 0 Å². The zero-order valence-corrected chi connectivity index (χ0v) is 12.7. The van der Waals surface area contributed by atoms with Gasteiger partial charge < -0.3 is 14.5 Å². The Hall–Kier alpha value is -1.26. The predicted octanol–water partition coefficient (Wildman–Crippen LogP) is 3.94. The highest BCUT2D eigenvalue weighted by molar-refractivity contribution is 9.10. The van der Waals surface area contributed by atoms with Gasteiger partial charge in [0.25, 0.3) is 0 Å². The van der Waals surface area contributed by atoms with Gasteiger partial charge in [0.15, 0.2) is 4.67 Å².